The van der Waals surface area contributed by atoms with Crippen molar-refractivity contribution in [2.45, 2.75) is 0 Å². The monoisotopic (exact) mass is 212 g/mol. The third-order valence-electron chi connectivity index (χ3n) is 1.94. The van der Waals surface area contributed by atoms with Crippen molar-refractivity contribution in [3.8, 4) is 23.4 Å². The number of para-hydroxylation sites is 2. The molecule has 78 valence electrons. The lowest BCUT2D eigenvalue weighted by molar-refractivity contribution is 0.402. The average Bonchev–Trinajstić information content (AvgIpc) is 2.32. The molecule has 0 aliphatic carbocycles. The van der Waals surface area contributed by atoms with E-state index in [2.05, 4.69) is 4.98 Å². The Morgan fingerprint density at radius 1 is 1.25 bits per heavy atom. The first-order valence-electron chi connectivity index (χ1n) is 4.61. The average molecular weight is 212 g/mol. The smallest absolute Gasteiger partial charge is 0.220 e. The molecule has 0 aliphatic heterocycles. The summed E-state index contributed by atoms with van der Waals surface area (Å²) in [5, 5.41) is 18.2. The number of pyridine rings is 1. The van der Waals surface area contributed by atoms with Gasteiger partial charge in [0.1, 0.15) is 0 Å². The molecule has 0 spiro atoms. The van der Waals surface area contributed by atoms with Gasteiger partial charge in [-0.1, -0.05) is 12.1 Å². The van der Waals surface area contributed by atoms with Crippen LogP contribution in [0.3, 0.4) is 0 Å². The molecule has 0 radical (unpaired) electrons. The number of phenolic OH excluding ortho intramolecular Hbond substituents is 1. The zero-order valence-corrected chi connectivity index (χ0v) is 8.29. The number of hydrogen-bond acceptors (Lipinski definition) is 4. The second-order valence-electron chi connectivity index (χ2n) is 3.06. The lowest BCUT2D eigenvalue weighted by Crippen LogP contribution is -1.88. The van der Waals surface area contributed by atoms with Crippen molar-refractivity contribution in [3.05, 3.63) is 48.2 Å². The van der Waals surface area contributed by atoms with E-state index in [1.165, 1.54) is 18.3 Å². The Balaban J connectivity index is 2.28. The molecule has 0 amide bonds. The maximum atomic E-state index is 9.48. The maximum absolute atomic E-state index is 9.48. The first kappa shape index (κ1) is 9.99. The summed E-state index contributed by atoms with van der Waals surface area (Å²) in [6.07, 6.45) is 1.48. The fourth-order valence-electron chi connectivity index (χ4n) is 1.19. The van der Waals surface area contributed by atoms with Gasteiger partial charge in [0, 0.05) is 12.3 Å². The second-order valence-corrected chi connectivity index (χ2v) is 3.06. The van der Waals surface area contributed by atoms with Gasteiger partial charge in [0.2, 0.25) is 5.88 Å². The van der Waals surface area contributed by atoms with Crippen molar-refractivity contribution >= 4 is 0 Å². The molecule has 1 aromatic carbocycles. The number of nitrogens with zero attached hydrogens (tertiary/aromatic N) is 2. The van der Waals surface area contributed by atoms with Crippen LogP contribution in [0, 0.1) is 11.3 Å². The molecule has 1 heterocycles. The Labute approximate surface area is 92.4 Å². The molecule has 0 atom stereocenters. The molecular weight excluding hydrogens is 204 g/mol. The van der Waals surface area contributed by atoms with Gasteiger partial charge in [-0.25, -0.2) is 4.98 Å². The lowest BCUT2D eigenvalue weighted by Gasteiger charge is -2.05. The number of benzene rings is 1. The van der Waals surface area contributed by atoms with Gasteiger partial charge in [-0.3, -0.25) is 0 Å². The molecule has 0 unspecified atom stereocenters. The molecule has 0 bridgehead atoms. The second kappa shape index (κ2) is 4.32. The van der Waals surface area contributed by atoms with Gasteiger partial charge in [-0.15, -0.1) is 0 Å². The minimum atomic E-state index is 0.0339. The quantitative estimate of drug-likeness (QED) is 0.830. The highest BCUT2D eigenvalue weighted by Crippen LogP contribution is 2.28. The van der Waals surface area contributed by atoms with E-state index in [4.69, 9.17) is 10.00 Å². The molecule has 0 fully saturated rings. The van der Waals surface area contributed by atoms with Crippen LogP contribution in [0.25, 0.3) is 0 Å². The summed E-state index contributed by atoms with van der Waals surface area (Å²) in [7, 11) is 0. The fraction of sp³-hybridized carbons (Fsp3) is 0. The molecule has 16 heavy (non-hydrogen) atoms. The standard InChI is InChI=1S/C12H8N2O2/c13-8-9-5-6-14-12(7-9)16-11-4-2-1-3-10(11)15/h1-7,15H. The molecule has 1 N–H and O–H groups in total. The van der Waals surface area contributed by atoms with Crippen molar-refractivity contribution in [2.24, 2.45) is 0 Å². The van der Waals surface area contributed by atoms with E-state index in [0.717, 1.165) is 0 Å². The zero-order chi connectivity index (χ0) is 11.4. The molecule has 0 saturated heterocycles. The number of nitriles is 1. The third-order valence-corrected chi connectivity index (χ3v) is 1.94. The Morgan fingerprint density at radius 2 is 2.06 bits per heavy atom. The number of aromatic hydroxyl groups is 1. The van der Waals surface area contributed by atoms with Crippen LogP contribution in [0.15, 0.2) is 42.6 Å². The minimum Gasteiger partial charge on any atom is -0.504 e. The zero-order valence-electron chi connectivity index (χ0n) is 8.29. The summed E-state index contributed by atoms with van der Waals surface area (Å²) in [4.78, 5) is 3.94. The lowest BCUT2D eigenvalue weighted by atomic mass is 10.3. The summed E-state index contributed by atoms with van der Waals surface area (Å²) >= 11 is 0. The summed E-state index contributed by atoms with van der Waals surface area (Å²) in [5.41, 5.74) is 0.459. The van der Waals surface area contributed by atoms with Crippen LogP contribution in [0.5, 0.6) is 17.4 Å². The van der Waals surface area contributed by atoms with Crippen LogP contribution < -0.4 is 4.74 Å². The summed E-state index contributed by atoms with van der Waals surface area (Å²) in [6, 6.07) is 11.6. The van der Waals surface area contributed by atoms with Crippen molar-refractivity contribution in [1.29, 1.82) is 5.26 Å². The van der Waals surface area contributed by atoms with Crippen LogP contribution in [-0.4, -0.2) is 10.1 Å². The van der Waals surface area contributed by atoms with E-state index in [9.17, 15) is 5.11 Å². The van der Waals surface area contributed by atoms with E-state index >= 15 is 0 Å². The number of hydrogen-bond donors (Lipinski definition) is 1. The number of ether oxygens (including phenoxy) is 1. The van der Waals surface area contributed by atoms with Gasteiger partial charge in [0.15, 0.2) is 11.5 Å². The third kappa shape index (κ3) is 2.10. The predicted molar refractivity (Wildman–Crippen MR) is 57.1 cm³/mol. The van der Waals surface area contributed by atoms with Gasteiger partial charge >= 0.3 is 0 Å². The Hall–Kier alpha value is -2.54. The molecule has 4 nitrogen and oxygen atoms in total. The van der Waals surface area contributed by atoms with Crippen molar-refractivity contribution in [3.63, 3.8) is 0 Å². The van der Waals surface area contributed by atoms with Gasteiger partial charge < -0.3 is 9.84 Å². The topological polar surface area (TPSA) is 66.1 Å². The van der Waals surface area contributed by atoms with Crippen molar-refractivity contribution < 1.29 is 9.84 Å². The SMILES string of the molecule is N#Cc1ccnc(Oc2ccccc2O)c1. The Bertz CT molecular complexity index is 547. The fourth-order valence-corrected chi connectivity index (χ4v) is 1.19. The number of rotatable bonds is 2. The molecule has 1 aromatic heterocycles. The highest BCUT2D eigenvalue weighted by Gasteiger charge is 2.03. The van der Waals surface area contributed by atoms with Crippen LogP contribution in [0.1, 0.15) is 5.56 Å². The van der Waals surface area contributed by atoms with Gasteiger partial charge in [0.25, 0.3) is 0 Å². The number of aromatic nitrogens is 1. The van der Waals surface area contributed by atoms with E-state index < -0.39 is 0 Å². The Morgan fingerprint density at radius 3 is 2.81 bits per heavy atom. The van der Waals surface area contributed by atoms with Crippen LogP contribution in [0.2, 0.25) is 0 Å². The Kier molecular flexibility index (Phi) is 2.70. The number of phenols is 1. The van der Waals surface area contributed by atoms with E-state index in [0.29, 0.717) is 11.3 Å². The van der Waals surface area contributed by atoms with Crippen LogP contribution in [0.4, 0.5) is 0 Å². The van der Waals surface area contributed by atoms with Crippen LogP contribution in [-0.2, 0) is 0 Å². The minimum absolute atomic E-state index is 0.0339. The highest BCUT2D eigenvalue weighted by atomic mass is 16.5. The normalized spacial score (nSPS) is 9.44. The van der Waals surface area contributed by atoms with Crippen molar-refractivity contribution in [1.82, 2.24) is 4.98 Å². The van der Waals surface area contributed by atoms with Gasteiger partial charge in [0.05, 0.1) is 11.6 Å². The largest absolute Gasteiger partial charge is 0.504 e. The first-order chi connectivity index (χ1) is 7.79. The first-order valence-corrected chi connectivity index (χ1v) is 4.61. The van der Waals surface area contributed by atoms with Gasteiger partial charge in [-0.2, -0.15) is 5.26 Å². The highest BCUT2D eigenvalue weighted by molar-refractivity contribution is 5.41. The molecule has 0 aliphatic rings. The van der Waals surface area contributed by atoms with E-state index in [1.54, 1.807) is 24.3 Å². The molecule has 0 saturated carbocycles. The predicted octanol–water partition coefficient (Wildman–Crippen LogP) is 2.45. The van der Waals surface area contributed by atoms with E-state index in [1.807, 2.05) is 6.07 Å². The molecule has 2 rings (SSSR count). The summed E-state index contributed by atoms with van der Waals surface area (Å²) in [5.74, 6) is 0.623. The maximum Gasteiger partial charge on any atom is 0.220 e. The molecular formula is C12H8N2O2. The van der Waals surface area contributed by atoms with E-state index in [-0.39, 0.29) is 11.6 Å². The van der Waals surface area contributed by atoms with Crippen molar-refractivity contribution in [2.75, 3.05) is 0 Å². The molecule has 4 heteroatoms. The van der Waals surface area contributed by atoms with Crippen LogP contribution >= 0.6 is 0 Å². The summed E-state index contributed by atoms with van der Waals surface area (Å²) < 4.78 is 5.34. The summed E-state index contributed by atoms with van der Waals surface area (Å²) in [6.45, 7) is 0. The van der Waals surface area contributed by atoms with Gasteiger partial charge in [-0.05, 0) is 18.2 Å². The molecule has 2 aromatic rings.